The van der Waals surface area contributed by atoms with Crippen molar-refractivity contribution in [1.82, 2.24) is 0 Å². The van der Waals surface area contributed by atoms with Gasteiger partial charge in [0.1, 0.15) is 0 Å². The van der Waals surface area contributed by atoms with Crippen LogP contribution in [-0.4, -0.2) is 13.1 Å². The number of piperidine rings is 1. The zero-order valence-corrected chi connectivity index (χ0v) is 11.4. The van der Waals surface area contributed by atoms with E-state index < -0.39 is 0 Å². The number of benzene rings is 1. The molecule has 0 amide bonds. The minimum atomic E-state index is 0. The fourth-order valence-electron chi connectivity index (χ4n) is 1.98. The van der Waals surface area contributed by atoms with Crippen molar-refractivity contribution in [1.29, 1.82) is 0 Å². The van der Waals surface area contributed by atoms with Gasteiger partial charge in [0.05, 0.1) is 16.4 Å². The van der Waals surface area contributed by atoms with E-state index in [1.165, 1.54) is 19.3 Å². The zero-order valence-electron chi connectivity index (χ0n) is 8.99. The number of nitrogens with zero attached hydrogens (tertiary/aromatic N) is 1. The average Bonchev–Trinajstić information content (AvgIpc) is 2.19. The molecule has 2 rings (SSSR count). The van der Waals surface area contributed by atoms with E-state index in [4.69, 9.17) is 17.3 Å². The summed E-state index contributed by atoms with van der Waals surface area (Å²) in [5.41, 5.74) is 7.74. The topological polar surface area (TPSA) is 29.3 Å². The Hall–Kier alpha value is -0.310. The zero-order chi connectivity index (χ0) is 9.97. The monoisotopic (exact) mass is 282 g/mol. The molecule has 2 nitrogen and oxygen atoms in total. The van der Waals surface area contributed by atoms with Gasteiger partial charge in [0.15, 0.2) is 0 Å². The Labute approximate surface area is 114 Å². The van der Waals surface area contributed by atoms with Crippen LogP contribution in [0.15, 0.2) is 18.2 Å². The van der Waals surface area contributed by atoms with E-state index in [-0.39, 0.29) is 24.8 Å². The number of hydrogen-bond acceptors (Lipinski definition) is 2. The van der Waals surface area contributed by atoms with Crippen molar-refractivity contribution >= 4 is 47.8 Å². The maximum Gasteiger partial charge on any atom is 0.0789 e. The highest BCUT2D eigenvalue weighted by atomic mass is 35.5. The van der Waals surface area contributed by atoms with Crippen molar-refractivity contribution in [3.05, 3.63) is 23.2 Å². The van der Waals surface area contributed by atoms with Gasteiger partial charge in [0.25, 0.3) is 0 Å². The van der Waals surface area contributed by atoms with Gasteiger partial charge in [-0.05, 0) is 31.4 Å². The van der Waals surface area contributed by atoms with Gasteiger partial charge in [-0.2, -0.15) is 0 Å². The third kappa shape index (κ3) is 3.34. The fraction of sp³-hybridized carbons (Fsp3) is 0.455. The second-order valence-electron chi connectivity index (χ2n) is 3.73. The van der Waals surface area contributed by atoms with Crippen LogP contribution in [-0.2, 0) is 0 Å². The molecule has 0 aliphatic carbocycles. The molecule has 92 valence electrons. The second kappa shape index (κ2) is 7.10. The van der Waals surface area contributed by atoms with Gasteiger partial charge in [0, 0.05) is 13.1 Å². The summed E-state index contributed by atoms with van der Waals surface area (Å²) >= 11 is 6.14. The van der Waals surface area contributed by atoms with E-state index in [1.807, 2.05) is 18.2 Å². The lowest BCUT2D eigenvalue weighted by Gasteiger charge is -2.30. The highest BCUT2D eigenvalue weighted by molar-refractivity contribution is 6.34. The van der Waals surface area contributed by atoms with Crippen LogP contribution in [0.2, 0.25) is 5.02 Å². The summed E-state index contributed by atoms with van der Waals surface area (Å²) in [7, 11) is 0. The van der Waals surface area contributed by atoms with Crippen molar-refractivity contribution < 1.29 is 0 Å². The molecular weight excluding hydrogens is 266 g/mol. The molecule has 1 aromatic carbocycles. The molecule has 0 unspecified atom stereocenters. The van der Waals surface area contributed by atoms with Gasteiger partial charge >= 0.3 is 0 Å². The molecule has 1 fully saturated rings. The number of nitrogen functional groups attached to an aromatic ring is 1. The van der Waals surface area contributed by atoms with E-state index in [0.717, 1.165) is 29.5 Å². The highest BCUT2D eigenvalue weighted by Crippen LogP contribution is 2.33. The molecule has 1 aromatic rings. The summed E-state index contributed by atoms with van der Waals surface area (Å²) in [6.45, 7) is 2.15. The number of hydrogen-bond donors (Lipinski definition) is 1. The first-order valence-electron chi connectivity index (χ1n) is 5.08. The highest BCUT2D eigenvalue weighted by Gasteiger charge is 2.15. The summed E-state index contributed by atoms with van der Waals surface area (Å²) in [6.07, 6.45) is 3.80. The predicted octanol–water partition coefficient (Wildman–Crippen LogP) is 3.76. The Kier molecular flexibility index (Phi) is 6.96. The number of rotatable bonds is 1. The van der Waals surface area contributed by atoms with Gasteiger partial charge in [-0.3, -0.25) is 0 Å². The third-order valence-electron chi connectivity index (χ3n) is 2.69. The number of halogens is 3. The van der Waals surface area contributed by atoms with Gasteiger partial charge in [-0.25, -0.2) is 0 Å². The Morgan fingerprint density at radius 3 is 2.25 bits per heavy atom. The van der Waals surface area contributed by atoms with Crippen LogP contribution in [0.25, 0.3) is 0 Å². The number of para-hydroxylation sites is 1. The van der Waals surface area contributed by atoms with Gasteiger partial charge in [-0.1, -0.05) is 17.7 Å². The molecular formula is C11H17Cl3N2. The Balaban J connectivity index is 0.00000112. The third-order valence-corrected chi connectivity index (χ3v) is 3.00. The van der Waals surface area contributed by atoms with E-state index >= 15 is 0 Å². The van der Waals surface area contributed by atoms with Gasteiger partial charge in [-0.15, -0.1) is 24.8 Å². The fourth-order valence-corrected chi connectivity index (χ4v) is 2.28. The second-order valence-corrected chi connectivity index (χ2v) is 4.13. The van der Waals surface area contributed by atoms with Crippen LogP contribution in [0.3, 0.4) is 0 Å². The molecule has 1 heterocycles. The van der Waals surface area contributed by atoms with Crippen molar-refractivity contribution in [3.63, 3.8) is 0 Å². The summed E-state index contributed by atoms with van der Waals surface area (Å²) in [4.78, 5) is 2.29. The predicted molar refractivity (Wildman–Crippen MR) is 76.4 cm³/mol. The molecule has 0 spiro atoms. The lowest BCUT2D eigenvalue weighted by Crippen LogP contribution is -2.30. The molecule has 0 bridgehead atoms. The minimum Gasteiger partial charge on any atom is -0.397 e. The smallest absolute Gasteiger partial charge is 0.0789 e. The Bertz CT molecular complexity index is 305. The average molecular weight is 284 g/mol. The van der Waals surface area contributed by atoms with Crippen LogP contribution >= 0.6 is 36.4 Å². The lowest BCUT2D eigenvalue weighted by molar-refractivity contribution is 0.578. The summed E-state index contributed by atoms with van der Waals surface area (Å²) in [5, 5.41) is 0.770. The first-order valence-corrected chi connectivity index (χ1v) is 5.46. The Morgan fingerprint density at radius 1 is 1.06 bits per heavy atom. The van der Waals surface area contributed by atoms with E-state index in [2.05, 4.69) is 4.90 Å². The van der Waals surface area contributed by atoms with Gasteiger partial charge in [0.2, 0.25) is 0 Å². The summed E-state index contributed by atoms with van der Waals surface area (Å²) < 4.78 is 0. The van der Waals surface area contributed by atoms with Crippen molar-refractivity contribution in [2.24, 2.45) is 0 Å². The molecule has 1 aliphatic heterocycles. The van der Waals surface area contributed by atoms with Crippen LogP contribution in [0, 0.1) is 0 Å². The largest absolute Gasteiger partial charge is 0.397 e. The van der Waals surface area contributed by atoms with E-state index in [1.54, 1.807) is 0 Å². The standard InChI is InChI=1S/C11H15ClN2.2ClH/c12-9-5-4-6-10(13)11(9)14-7-2-1-3-8-14;;/h4-6H,1-3,7-8,13H2;2*1H. The van der Waals surface area contributed by atoms with E-state index in [0.29, 0.717) is 0 Å². The minimum absolute atomic E-state index is 0. The van der Waals surface area contributed by atoms with Crippen LogP contribution in [0.5, 0.6) is 0 Å². The molecule has 2 N–H and O–H groups in total. The SMILES string of the molecule is Cl.Cl.Nc1cccc(Cl)c1N1CCCCC1. The molecule has 5 heteroatoms. The summed E-state index contributed by atoms with van der Waals surface area (Å²) in [5.74, 6) is 0. The first-order chi connectivity index (χ1) is 6.79. The number of anilines is 2. The normalized spacial score (nSPS) is 14.9. The summed E-state index contributed by atoms with van der Waals surface area (Å²) in [6, 6.07) is 5.71. The maximum absolute atomic E-state index is 6.14. The molecule has 1 aliphatic rings. The van der Waals surface area contributed by atoms with Crippen LogP contribution in [0.4, 0.5) is 11.4 Å². The Morgan fingerprint density at radius 2 is 1.69 bits per heavy atom. The van der Waals surface area contributed by atoms with Crippen molar-refractivity contribution in [2.75, 3.05) is 23.7 Å². The molecule has 0 saturated carbocycles. The van der Waals surface area contributed by atoms with Gasteiger partial charge < -0.3 is 10.6 Å². The maximum atomic E-state index is 6.14. The number of nitrogens with two attached hydrogens (primary N) is 1. The molecule has 16 heavy (non-hydrogen) atoms. The van der Waals surface area contributed by atoms with Crippen molar-refractivity contribution in [3.8, 4) is 0 Å². The van der Waals surface area contributed by atoms with Crippen LogP contribution in [0.1, 0.15) is 19.3 Å². The quantitative estimate of drug-likeness (QED) is 0.795. The molecule has 0 radical (unpaired) electrons. The van der Waals surface area contributed by atoms with Crippen molar-refractivity contribution in [2.45, 2.75) is 19.3 Å². The molecule has 1 saturated heterocycles. The van der Waals surface area contributed by atoms with E-state index in [9.17, 15) is 0 Å². The lowest BCUT2D eigenvalue weighted by atomic mass is 10.1. The first kappa shape index (κ1) is 15.7. The molecule has 0 aromatic heterocycles. The van der Waals surface area contributed by atoms with Crippen LogP contribution < -0.4 is 10.6 Å². The molecule has 0 atom stereocenters.